The molecule has 2 aromatic heterocycles. The van der Waals surface area contributed by atoms with Crippen LogP contribution in [0.25, 0.3) is 11.2 Å². The highest BCUT2D eigenvalue weighted by molar-refractivity contribution is 14.1. The summed E-state index contributed by atoms with van der Waals surface area (Å²) >= 11 is 1.87. The number of halogens is 1. The number of ether oxygens (including phenoxy) is 1. The molecule has 0 aromatic carbocycles. The van der Waals surface area contributed by atoms with Crippen LogP contribution >= 0.6 is 46.1 Å². The number of fused-ring (bicyclic) bond motifs is 1. The number of imidazole rings is 1. The van der Waals surface area contributed by atoms with Gasteiger partial charge in [-0.2, -0.15) is 8.62 Å². The number of hydrogen-bond donors (Lipinski definition) is 6. The molecule has 1 fully saturated rings. The van der Waals surface area contributed by atoms with Crippen molar-refractivity contribution >= 4 is 63.0 Å². The Hall–Kier alpha value is -0.590. The topological polar surface area (TPSA) is 259 Å². The Balaban J connectivity index is 1.69. The number of phosphoric ester groups is 1. The molecule has 1 aliphatic heterocycles. The third-order valence-corrected chi connectivity index (χ3v) is 8.93. The van der Waals surface area contributed by atoms with E-state index in [1.165, 1.54) is 17.2 Å². The van der Waals surface area contributed by atoms with E-state index in [1.807, 2.05) is 22.6 Å². The van der Waals surface area contributed by atoms with Crippen LogP contribution in [0.5, 0.6) is 0 Å². The van der Waals surface area contributed by atoms with Gasteiger partial charge >= 0.3 is 23.5 Å². The molecule has 3 unspecified atom stereocenters. The molecular weight excluding hydrogens is 602 g/mol. The first-order chi connectivity index (χ1) is 14.2. The number of nitrogens with zero attached hydrogens (tertiary/aromatic N) is 4. The molecular formula is C10H15IN5O12P3. The molecule has 0 aliphatic carbocycles. The second-order valence-electron chi connectivity index (χ2n) is 5.97. The lowest BCUT2D eigenvalue weighted by atomic mass is 10.2. The molecule has 1 aliphatic rings. The molecule has 7 N–H and O–H groups in total. The fourth-order valence-electron chi connectivity index (χ4n) is 2.59. The first kappa shape index (κ1) is 25.0. The number of nitrogen functional groups attached to an aromatic ring is 1. The van der Waals surface area contributed by atoms with Gasteiger partial charge in [-0.15, -0.1) is 0 Å². The van der Waals surface area contributed by atoms with Gasteiger partial charge in [0.1, 0.15) is 17.9 Å². The minimum absolute atomic E-state index is 0.122. The van der Waals surface area contributed by atoms with Gasteiger partial charge in [-0.05, 0) is 0 Å². The first-order valence-electron chi connectivity index (χ1n) is 7.88. The summed E-state index contributed by atoms with van der Waals surface area (Å²) in [7, 11) is -16.5. The van der Waals surface area contributed by atoms with E-state index in [0.717, 1.165) is 0 Å². The van der Waals surface area contributed by atoms with E-state index in [9.17, 15) is 23.7 Å². The van der Waals surface area contributed by atoms with Gasteiger partial charge < -0.3 is 35.2 Å². The third-order valence-electron chi connectivity index (χ3n) is 3.77. The van der Waals surface area contributed by atoms with Gasteiger partial charge in [0.05, 0.1) is 23.0 Å². The number of anilines is 1. The Bertz CT molecular complexity index is 1110. The highest BCUT2D eigenvalue weighted by atomic mass is 127. The summed E-state index contributed by atoms with van der Waals surface area (Å²) in [6.07, 6.45) is -0.757. The predicted octanol–water partition coefficient (Wildman–Crippen LogP) is -0.186. The second kappa shape index (κ2) is 8.98. The van der Waals surface area contributed by atoms with Crippen LogP contribution in [-0.4, -0.2) is 66.9 Å². The zero-order valence-corrected chi connectivity index (χ0v) is 19.7. The lowest BCUT2D eigenvalue weighted by molar-refractivity contribution is -0.0420. The maximum absolute atomic E-state index is 11.8. The molecule has 17 nitrogen and oxygen atoms in total. The van der Waals surface area contributed by atoms with Crippen LogP contribution in [0.1, 0.15) is 6.23 Å². The van der Waals surface area contributed by atoms with Gasteiger partial charge in [-0.1, -0.05) is 22.6 Å². The molecule has 0 spiro atoms. The van der Waals surface area contributed by atoms with E-state index >= 15 is 0 Å². The normalized spacial score (nSPS) is 28.5. The van der Waals surface area contributed by atoms with Crippen LogP contribution in [-0.2, 0) is 31.6 Å². The van der Waals surface area contributed by atoms with E-state index in [0.29, 0.717) is 11.2 Å². The van der Waals surface area contributed by atoms with Crippen molar-refractivity contribution in [1.29, 1.82) is 0 Å². The van der Waals surface area contributed by atoms with Crippen LogP contribution in [0.3, 0.4) is 0 Å². The molecule has 3 rings (SSSR count). The number of aliphatic hydroxyl groups is 1. The Morgan fingerprint density at radius 2 is 1.81 bits per heavy atom. The van der Waals surface area contributed by atoms with Gasteiger partial charge in [-0.25, -0.2) is 28.6 Å². The maximum atomic E-state index is 11.8. The Kier molecular flexibility index (Phi) is 7.25. The Labute approximate surface area is 186 Å². The number of hydrogen-bond acceptors (Lipinski definition) is 12. The average Bonchev–Trinajstić information content (AvgIpc) is 3.13. The lowest BCUT2D eigenvalue weighted by Gasteiger charge is -2.19. The maximum Gasteiger partial charge on any atom is 0.490 e. The van der Waals surface area contributed by atoms with Crippen LogP contribution in [0.2, 0.25) is 0 Å². The van der Waals surface area contributed by atoms with Crippen LogP contribution in [0.4, 0.5) is 5.82 Å². The summed E-state index contributed by atoms with van der Waals surface area (Å²) < 4.78 is 52.1. The third kappa shape index (κ3) is 6.05. The first-order valence-corrected chi connectivity index (χ1v) is 13.6. The molecule has 0 radical (unpaired) electrons. The van der Waals surface area contributed by atoms with Crippen molar-refractivity contribution in [3.05, 3.63) is 12.7 Å². The number of aromatic nitrogens is 4. The van der Waals surface area contributed by atoms with E-state index < -0.39 is 52.4 Å². The summed E-state index contributed by atoms with van der Waals surface area (Å²) in [5.41, 5.74) is 6.33. The van der Waals surface area contributed by atoms with E-state index in [4.69, 9.17) is 25.2 Å². The molecule has 31 heavy (non-hydrogen) atoms. The molecule has 21 heteroatoms. The van der Waals surface area contributed by atoms with Gasteiger partial charge in [0, 0.05) is 0 Å². The van der Waals surface area contributed by atoms with Crippen molar-refractivity contribution in [1.82, 2.24) is 19.5 Å². The summed E-state index contributed by atoms with van der Waals surface area (Å²) in [5, 5.41) is 10.4. The minimum atomic E-state index is -5.65. The largest absolute Gasteiger partial charge is 0.490 e. The van der Waals surface area contributed by atoms with Gasteiger partial charge in [-0.3, -0.25) is 9.09 Å². The van der Waals surface area contributed by atoms with Crippen molar-refractivity contribution in [2.75, 3.05) is 12.3 Å². The molecule has 0 amide bonds. The van der Waals surface area contributed by atoms with Gasteiger partial charge in [0.25, 0.3) is 0 Å². The monoisotopic (exact) mass is 617 g/mol. The summed E-state index contributed by atoms with van der Waals surface area (Å²) in [6, 6.07) is 0. The van der Waals surface area contributed by atoms with Gasteiger partial charge in [0.15, 0.2) is 17.7 Å². The molecule has 0 saturated carbocycles. The Morgan fingerprint density at radius 3 is 2.45 bits per heavy atom. The highest BCUT2D eigenvalue weighted by Gasteiger charge is 2.46. The summed E-state index contributed by atoms with van der Waals surface area (Å²) in [6.45, 7) is -0.801. The number of rotatable bonds is 8. The number of aliphatic hydroxyl groups excluding tert-OH is 1. The minimum Gasteiger partial charge on any atom is -0.389 e. The van der Waals surface area contributed by atoms with E-state index in [-0.39, 0.29) is 5.82 Å². The molecule has 174 valence electrons. The average molecular weight is 617 g/mol. The molecule has 1 saturated heterocycles. The quantitative estimate of drug-likeness (QED) is 0.127. The summed E-state index contributed by atoms with van der Waals surface area (Å²) in [5.74, 6) is 0.122. The molecule has 3 heterocycles. The summed E-state index contributed by atoms with van der Waals surface area (Å²) in [4.78, 5) is 47.7. The fourth-order valence-corrected chi connectivity index (χ4v) is 6.60. The van der Waals surface area contributed by atoms with Crippen molar-refractivity contribution in [2.45, 2.75) is 22.4 Å². The number of alkyl halides is 1. The van der Waals surface area contributed by atoms with Crippen LogP contribution < -0.4 is 5.73 Å². The number of nitrogens with two attached hydrogens (primary N) is 1. The number of phosphoric acid groups is 3. The zero-order valence-electron chi connectivity index (χ0n) is 14.9. The van der Waals surface area contributed by atoms with Crippen molar-refractivity contribution in [3.63, 3.8) is 0 Å². The fraction of sp³-hybridized carbons (Fsp3) is 0.500. The van der Waals surface area contributed by atoms with Crippen molar-refractivity contribution in [2.24, 2.45) is 0 Å². The zero-order chi connectivity index (χ0) is 23.2. The van der Waals surface area contributed by atoms with Crippen molar-refractivity contribution in [3.8, 4) is 0 Å². The highest BCUT2D eigenvalue weighted by Crippen LogP contribution is 2.66. The predicted molar refractivity (Wildman–Crippen MR) is 107 cm³/mol. The molecule has 6 atom stereocenters. The smallest absolute Gasteiger partial charge is 0.389 e. The second-order valence-corrected chi connectivity index (χ2v) is 11.8. The van der Waals surface area contributed by atoms with E-state index in [1.54, 1.807) is 0 Å². The van der Waals surface area contributed by atoms with Crippen molar-refractivity contribution < 1.29 is 56.3 Å². The van der Waals surface area contributed by atoms with Crippen LogP contribution in [0, 0.1) is 0 Å². The standard InChI is InChI=1S/C10H15IN5O12P3/c11-5-7(17)4(1-25-30(21,22)28-31(23,24)27-29(18,19)20)26-10(5)16-3-15-6-8(12)13-2-14-9(6)16/h2-5,7,10,17H,1H2,(H,21,22)(H,23,24)(H2,12,13,14)(H2,18,19,20)/t4-,5?,7+,10-/m1/s1. The van der Waals surface area contributed by atoms with Gasteiger partial charge in [0.2, 0.25) is 0 Å². The molecule has 0 bridgehead atoms. The van der Waals surface area contributed by atoms with E-state index in [2.05, 4.69) is 28.1 Å². The molecule has 2 aromatic rings. The Morgan fingerprint density at radius 1 is 1.13 bits per heavy atom. The van der Waals surface area contributed by atoms with Crippen LogP contribution in [0.15, 0.2) is 12.7 Å². The SMILES string of the molecule is Nc1ncnc2c1ncn2[C@@H]1O[C@H](COP(=O)(O)OP(=O)(O)OP(=O)(O)O)[C@H](O)C1I. The lowest BCUT2D eigenvalue weighted by Crippen LogP contribution is -2.30.